The van der Waals surface area contributed by atoms with Gasteiger partial charge in [0.15, 0.2) is 11.5 Å². The number of aromatic nitrogens is 2. The minimum atomic E-state index is -5.27. The van der Waals surface area contributed by atoms with Crippen molar-refractivity contribution in [3.8, 4) is 11.3 Å². The lowest BCUT2D eigenvalue weighted by molar-refractivity contribution is -0.277. The Labute approximate surface area is 191 Å². The summed E-state index contributed by atoms with van der Waals surface area (Å²) < 4.78 is 63.9. The molecule has 3 aliphatic carbocycles. The van der Waals surface area contributed by atoms with Crippen molar-refractivity contribution in [2.75, 3.05) is 18.9 Å². The lowest BCUT2D eigenvalue weighted by Gasteiger charge is -2.46. The van der Waals surface area contributed by atoms with Crippen LogP contribution in [0.3, 0.4) is 0 Å². The van der Waals surface area contributed by atoms with Gasteiger partial charge in [0.25, 0.3) is 5.91 Å². The Hall–Kier alpha value is -2.76. The van der Waals surface area contributed by atoms with Crippen molar-refractivity contribution in [1.82, 2.24) is 15.3 Å². The molecule has 33 heavy (non-hydrogen) atoms. The molecule has 0 saturated heterocycles. The fourth-order valence-corrected chi connectivity index (χ4v) is 4.94. The maximum Gasteiger partial charge on any atom is 0.423 e. The number of halogens is 3. The van der Waals surface area contributed by atoms with E-state index in [4.69, 9.17) is 9.85 Å². The first-order valence-corrected chi connectivity index (χ1v) is 10.2. The number of amides is 1. The van der Waals surface area contributed by atoms with Gasteiger partial charge in [-0.3, -0.25) is 4.79 Å². The number of nitrogen functional groups attached to an aromatic ring is 1. The molecule has 1 heterocycles. The summed E-state index contributed by atoms with van der Waals surface area (Å²) in [6, 6.07) is 2.39. The molecule has 3 aliphatic rings. The Kier molecular flexibility index (Phi) is 4.56. The van der Waals surface area contributed by atoms with Crippen LogP contribution in [0.4, 0.5) is 19.0 Å². The molecule has 0 spiro atoms. The predicted octanol–water partition coefficient (Wildman–Crippen LogP) is 1.81. The fourth-order valence-electron chi connectivity index (χ4n) is 4.94. The third kappa shape index (κ3) is 3.73. The third-order valence-corrected chi connectivity index (χ3v) is 6.76. The highest BCUT2D eigenvalue weighted by molar-refractivity contribution is 5.97. The molecular weight excluding hydrogens is 441 g/mol. The van der Waals surface area contributed by atoms with Crippen LogP contribution in [0.15, 0.2) is 24.4 Å². The van der Waals surface area contributed by atoms with Crippen LogP contribution < -0.4 is 11.1 Å². The highest BCUT2D eigenvalue weighted by atomic mass is 19.4. The van der Waals surface area contributed by atoms with Gasteiger partial charge in [0.2, 0.25) is 5.60 Å². The Balaban J connectivity index is 1.75. The van der Waals surface area contributed by atoms with E-state index in [1.54, 1.807) is 0 Å². The van der Waals surface area contributed by atoms with Crippen molar-refractivity contribution in [3.63, 3.8) is 0 Å². The molecule has 11 heteroatoms. The second kappa shape index (κ2) is 7.64. The summed E-state index contributed by atoms with van der Waals surface area (Å²) in [6.45, 7) is -4.49. The maximum atomic E-state index is 13.5. The van der Waals surface area contributed by atoms with Gasteiger partial charge in [-0.1, -0.05) is 12.1 Å². The number of alkyl halides is 3. The summed E-state index contributed by atoms with van der Waals surface area (Å²) >= 11 is 0. The monoisotopic (exact) mass is 469 g/mol. The number of hydrogen-bond donors (Lipinski definition) is 5. The van der Waals surface area contributed by atoms with Gasteiger partial charge < -0.3 is 26.4 Å². The minimum absolute atomic E-state index is 0.00834. The van der Waals surface area contributed by atoms with Crippen LogP contribution in [-0.2, 0) is 5.60 Å². The zero-order valence-electron chi connectivity index (χ0n) is 20.4. The second-order valence-electron chi connectivity index (χ2n) is 9.01. The Bertz CT molecular complexity index is 1200. The van der Waals surface area contributed by atoms with Crippen LogP contribution in [-0.4, -0.2) is 56.1 Å². The summed E-state index contributed by atoms with van der Waals surface area (Å²) in [7, 11) is 0. The van der Waals surface area contributed by atoms with Gasteiger partial charge in [0, 0.05) is 21.8 Å². The van der Waals surface area contributed by atoms with Gasteiger partial charge in [-0.2, -0.15) is 13.2 Å². The van der Waals surface area contributed by atoms with E-state index in [0.29, 0.717) is 19.3 Å². The van der Waals surface area contributed by atoms with Crippen molar-refractivity contribution in [3.05, 3.63) is 41.2 Å². The molecule has 1 aromatic heterocycles. The Morgan fingerprint density at radius 1 is 1.30 bits per heavy atom. The number of aliphatic hydroxyl groups is 3. The van der Waals surface area contributed by atoms with E-state index in [1.807, 2.05) is 0 Å². The lowest BCUT2D eigenvalue weighted by Crippen LogP contribution is -2.56. The van der Waals surface area contributed by atoms with Crippen LogP contribution in [0.5, 0.6) is 0 Å². The van der Waals surface area contributed by atoms with Crippen molar-refractivity contribution in [1.29, 1.82) is 0 Å². The van der Waals surface area contributed by atoms with Crippen LogP contribution >= 0.6 is 0 Å². The van der Waals surface area contributed by atoms with Gasteiger partial charge in [0.1, 0.15) is 0 Å². The molecule has 1 atom stereocenters. The number of nitrogens with zero attached hydrogens (tertiary/aromatic N) is 2. The fraction of sp³-hybridized carbons (Fsp3) is 0.500. The number of carbonyl (C=O) groups excluding carboxylic acids is 1. The molecule has 3 fully saturated rings. The molecule has 178 valence electrons. The van der Waals surface area contributed by atoms with Crippen LogP contribution in [0, 0.1) is 12.3 Å². The first-order valence-electron chi connectivity index (χ1n) is 11.7. The molecule has 0 radical (unpaired) electrons. The number of nitrogens with two attached hydrogens (primary N) is 1. The zero-order valence-corrected chi connectivity index (χ0v) is 17.4. The number of rotatable bonds is 6. The average molecular weight is 469 g/mol. The molecule has 3 saturated carbocycles. The number of carbonyl (C=O) groups is 1. The van der Waals surface area contributed by atoms with Crippen LogP contribution in [0.1, 0.15) is 51.4 Å². The molecule has 1 aromatic carbocycles. The van der Waals surface area contributed by atoms with Gasteiger partial charge in [-0.05, 0) is 55.1 Å². The molecule has 2 aromatic rings. The molecule has 1 amide bonds. The number of hydrogen-bond acceptors (Lipinski definition) is 7. The van der Waals surface area contributed by atoms with Crippen LogP contribution in [0.2, 0.25) is 0 Å². The summed E-state index contributed by atoms with van der Waals surface area (Å²) in [5.74, 6) is -0.962. The first-order chi connectivity index (χ1) is 16.6. The Morgan fingerprint density at radius 2 is 2.03 bits per heavy atom. The molecule has 8 nitrogen and oxygen atoms in total. The smallest absolute Gasteiger partial charge is 0.396 e. The topological polar surface area (TPSA) is 142 Å². The summed E-state index contributed by atoms with van der Waals surface area (Å²) in [5.41, 5.74) is -0.726. The highest BCUT2D eigenvalue weighted by Gasteiger charge is 2.61. The summed E-state index contributed by atoms with van der Waals surface area (Å²) in [5, 5.41) is 31.9. The largest absolute Gasteiger partial charge is 0.423 e. The number of fused-ring (bicyclic) bond motifs is 1. The summed E-state index contributed by atoms with van der Waals surface area (Å²) in [6.07, 6.45) is -1.71. The van der Waals surface area contributed by atoms with E-state index < -0.39 is 47.8 Å². The molecule has 0 aliphatic heterocycles. The average Bonchev–Trinajstić information content (AvgIpc) is 3.32. The summed E-state index contributed by atoms with van der Waals surface area (Å²) in [4.78, 5) is 21.1. The lowest BCUT2D eigenvalue weighted by atomic mass is 9.65. The van der Waals surface area contributed by atoms with E-state index in [1.165, 1.54) is 0 Å². The zero-order chi connectivity index (χ0) is 26.7. The maximum absolute atomic E-state index is 13.5. The van der Waals surface area contributed by atoms with E-state index in [2.05, 4.69) is 15.3 Å². The molecular formula is C22H25F3N4O4. The minimum Gasteiger partial charge on any atom is -0.396 e. The standard InChI is InChI=1S/C22H25F3N4O4/c1-12-2-3-13(21(33,11-31)22(23,24)25)6-14(12)15-7-27-17(26)16(28-15)18(32)29-20-5-4-19(8-20,9-20)10-30/h2-3,6-7,30-31,33H,4-5,8-11H2,1H3,(H2,26,27)(H,29,32)/i1D3. The number of anilines is 1. The number of benzene rings is 1. The first kappa shape index (κ1) is 19.7. The molecule has 2 bridgehead atoms. The van der Waals surface area contributed by atoms with Gasteiger partial charge in [0.05, 0.1) is 18.5 Å². The molecule has 1 unspecified atom stereocenters. The van der Waals surface area contributed by atoms with Crippen molar-refractivity contribution < 1.29 is 37.4 Å². The molecule has 5 rings (SSSR count). The van der Waals surface area contributed by atoms with Crippen LogP contribution in [0.25, 0.3) is 11.3 Å². The highest BCUT2D eigenvalue weighted by Crippen LogP contribution is 2.61. The normalized spacial score (nSPS) is 27.6. The van der Waals surface area contributed by atoms with Gasteiger partial charge in [-0.15, -0.1) is 0 Å². The van der Waals surface area contributed by atoms with Gasteiger partial charge in [-0.25, -0.2) is 9.97 Å². The molecule has 6 N–H and O–H groups in total. The van der Waals surface area contributed by atoms with E-state index in [9.17, 15) is 33.3 Å². The van der Waals surface area contributed by atoms with Gasteiger partial charge >= 0.3 is 6.18 Å². The Morgan fingerprint density at radius 3 is 2.61 bits per heavy atom. The third-order valence-electron chi connectivity index (χ3n) is 6.76. The number of aryl methyl sites for hydroxylation is 1. The van der Waals surface area contributed by atoms with Crippen molar-refractivity contribution in [2.24, 2.45) is 5.41 Å². The predicted molar refractivity (Wildman–Crippen MR) is 112 cm³/mol. The second-order valence-corrected chi connectivity index (χ2v) is 9.01. The SMILES string of the molecule is [2H]C([2H])([2H])c1ccc(C(O)(CO)C(F)(F)F)cc1-c1cnc(N)c(C(=O)NC23CCC(CO)(C2)C3)n1. The van der Waals surface area contributed by atoms with Crippen molar-refractivity contribution >= 4 is 11.7 Å². The van der Waals surface area contributed by atoms with Crippen molar-refractivity contribution in [2.45, 2.75) is 49.9 Å². The van der Waals surface area contributed by atoms with E-state index >= 15 is 0 Å². The quantitative estimate of drug-likeness (QED) is 0.434. The van der Waals surface area contributed by atoms with E-state index in [-0.39, 0.29) is 34.8 Å². The number of aliphatic hydroxyl groups excluding tert-OH is 2. The van der Waals surface area contributed by atoms with E-state index in [0.717, 1.165) is 30.8 Å². The number of nitrogens with one attached hydrogen (secondary N) is 1.